The molecule has 0 aliphatic rings. The molecule has 2 aromatic heterocycles. The molecule has 0 spiro atoms. The minimum atomic E-state index is -3.30. The van der Waals surface area contributed by atoms with Gasteiger partial charge in [-0.15, -0.1) is 11.3 Å². The van der Waals surface area contributed by atoms with E-state index in [0.717, 1.165) is 10.7 Å². The van der Waals surface area contributed by atoms with Crippen LogP contribution in [0, 0.1) is 6.92 Å². The van der Waals surface area contributed by atoms with E-state index in [9.17, 15) is 8.42 Å². The molecule has 0 amide bonds. The second-order valence-corrected chi connectivity index (χ2v) is 7.93. The second-order valence-electron chi connectivity index (χ2n) is 4.98. The summed E-state index contributed by atoms with van der Waals surface area (Å²) < 4.78 is 24.3. The lowest BCUT2D eigenvalue weighted by molar-refractivity contribution is 0.592. The maximum absolute atomic E-state index is 12.1. The Morgan fingerprint density at radius 3 is 2.60 bits per heavy atom. The molecule has 0 radical (unpaired) electrons. The highest BCUT2D eigenvalue weighted by atomic mass is 32.2. The van der Waals surface area contributed by atoms with Crippen molar-refractivity contribution in [1.29, 1.82) is 0 Å². The molecule has 7 heteroatoms. The number of hydrogen-bond acceptors (Lipinski definition) is 6. The van der Waals surface area contributed by atoms with Crippen LogP contribution in [0.4, 0.5) is 0 Å². The van der Waals surface area contributed by atoms with E-state index in [1.54, 1.807) is 12.3 Å². The molecule has 5 nitrogen and oxygen atoms in total. The number of nitrogens with zero attached hydrogens (tertiary/aromatic N) is 3. The van der Waals surface area contributed by atoms with Crippen LogP contribution in [0.2, 0.25) is 0 Å². The van der Waals surface area contributed by atoms with Gasteiger partial charge >= 0.3 is 0 Å². The van der Waals surface area contributed by atoms with Crippen LogP contribution in [0.1, 0.15) is 42.0 Å². The molecule has 20 heavy (non-hydrogen) atoms. The third-order valence-corrected chi connectivity index (χ3v) is 5.25. The lowest BCUT2D eigenvalue weighted by Crippen LogP contribution is -2.11. The fourth-order valence-corrected chi connectivity index (χ4v) is 3.87. The maximum Gasteiger partial charge on any atom is 0.163 e. The molecule has 0 fully saturated rings. The Morgan fingerprint density at radius 2 is 2.00 bits per heavy atom. The third kappa shape index (κ3) is 4.08. The number of aromatic nitrogens is 3. The Morgan fingerprint density at radius 1 is 1.25 bits per heavy atom. The Balaban J connectivity index is 2.10. The van der Waals surface area contributed by atoms with Gasteiger partial charge in [-0.1, -0.05) is 13.8 Å². The van der Waals surface area contributed by atoms with Crippen LogP contribution < -0.4 is 0 Å². The first-order valence-corrected chi connectivity index (χ1v) is 8.99. The molecule has 0 atom stereocenters. The summed E-state index contributed by atoms with van der Waals surface area (Å²) in [5, 5.41) is 2.77. The fraction of sp³-hybridized carbons (Fsp3) is 0.462. The average molecular weight is 311 g/mol. The lowest BCUT2D eigenvalue weighted by Gasteiger charge is -2.02. The van der Waals surface area contributed by atoms with Gasteiger partial charge in [0, 0.05) is 23.2 Å². The summed E-state index contributed by atoms with van der Waals surface area (Å²) >= 11 is 1.50. The van der Waals surface area contributed by atoms with Crippen molar-refractivity contribution < 1.29 is 8.42 Å². The summed E-state index contributed by atoms with van der Waals surface area (Å²) in [6.07, 6.45) is 1.58. The molecule has 0 unspecified atom stereocenters. The molecule has 0 aliphatic heterocycles. The van der Waals surface area contributed by atoms with Crippen molar-refractivity contribution in [1.82, 2.24) is 15.0 Å². The standard InChI is InChI=1S/C13H17N3O2S2/c1-9(2)13-16-11(6-19-13)7-20(17,18)8-12-14-5-4-10(3)15-12/h4-6,9H,7-8H2,1-3H3. The first kappa shape index (κ1) is 15.1. The van der Waals surface area contributed by atoms with E-state index in [2.05, 4.69) is 15.0 Å². The minimum absolute atomic E-state index is 0.0620. The Hall–Kier alpha value is -1.34. The van der Waals surface area contributed by atoms with Crippen molar-refractivity contribution in [3.8, 4) is 0 Å². The van der Waals surface area contributed by atoms with Gasteiger partial charge in [-0.25, -0.2) is 23.4 Å². The number of rotatable bonds is 5. The van der Waals surface area contributed by atoms with Gasteiger partial charge in [-0.05, 0) is 13.0 Å². The van der Waals surface area contributed by atoms with Gasteiger partial charge in [-0.2, -0.15) is 0 Å². The summed E-state index contributed by atoms with van der Waals surface area (Å²) in [5.74, 6) is 0.442. The van der Waals surface area contributed by atoms with Crippen LogP contribution in [-0.2, 0) is 21.3 Å². The van der Waals surface area contributed by atoms with Crippen LogP contribution in [0.3, 0.4) is 0 Å². The number of thiazole rings is 1. The smallest absolute Gasteiger partial charge is 0.163 e. The molecule has 0 saturated heterocycles. The van der Waals surface area contributed by atoms with Crippen molar-refractivity contribution in [3.05, 3.63) is 39.9 Å². The molecule has 2 heterocycles. The SMILES string of the molecule is Cc1ccnc(CS(=O)(=O)Cc2csc(C(C)C)n2)n1. The number of sulfone groups is 1. The Kier molecular flexibility index (Phi) is 4.49. The summed E-state index contributed by atoms with van der Waals surface area (Å²) in [6.45, 7) is 5.89. The Bertz CT molecular complexity index is 693. The van der Waals surface area contributed by atoms with E-state index in [0.29, 0.717) is 17.4 Å². The van der Waals surface area contributed by atoms with Gasteiger partial charge in [0.2, 0.25) is 0 Å². The summed E-state index contributed by atoms with van der Waals surface area (Å²) in [4.78, 5) is 12.5. The van der Waals surface area contributed by atoms with Crippen molar-refractivity contribution in [2.45, 2.75) is 38.2 Å². The highest BCUT2D eigenvalue weighted by molar-refractivity contribution is 7.89. The van der Waals surface area contributed by atoms with Crippen molar-refractivity contribution in [3.63, 3.8) is 0 Å². The predicted octanol–water partition coefficient (Wildman–Crippen LogP) is 2.48. The van der Waals surface area contributed by atoms with Gasteiger partial charge in [-0.3, -0.25) is 0 Å². The zero-order valence-electron chi connectivity index (χ0n) is 11.7. The summed E-state index contributed by atoms with van der Waals surface area (Å²) in [7, 11) is -3.30. The van der Waals surface area contributed by atoms with Gasteiger partial charge in [0.25, 0.3) is 0 Å². The minimum Gasteiger partial charge on any atom is -0.245 e. The molecule has 0 bridgehead atoms. The van der Waals surface area contributed by atoms with Crippen molar-refractivity contribution in [2.75, 3.05) is 0 Å². The third-order valence-electron chi connectivity index (χ3n) is 2.62. The molecule has 2 rings (SSSR count). The first-order chi connectivity index (χ1) is 9.35. The van der Waals surface area contributed by atoms with Crippen LogP contribution in [-0.4, -0.2) is 23.4 Å². The molecular weight excluding hydrogens is 294 g/mol. The molecule has 0 N–H and O–H groups in total. The highest BCUT2D eigenvalue weighted by Gasteiger charge is 2.17. The largest absolute Gasteiger partial charge is 0.245 e. The zero-order chi connectivity index (χ0) is 14.8. The van der Waals surface area contributed by atoms with Gasteiger partial charge in [0.1, 0.15) is 11.6 Å². The summed E-state index contributed by atoms with van der Waals surface area (Å²) in [5.41, 5.74) is 1.37. The van der Waals surface area contributed by atoms with Crippen molar-refractivity contribution >= 4 is 21.2 Å². The second kappa shape index (κ2) is 5.97. The van der Waals surface area contributed by atoms with Gasteiger partial charge < -0.3 is 0 Å². The van der Waals surface area contributed by atoms with E-state index >= 15 is 0 Å². The zero-order valence-corrected chi connectivity index (χ0v) is 13.3. The monoisotopic (exact) mass is 311 g/mol. The highest BCUT2D eigenvalue weighted by Crippen LogP contribution is 2.21. The van der Waals surface area contributed by atoms with Crippen LogP contribution in [0.15, 0.2) is 17.6 Å². The van der Waals surface area contributed by atoms with Crippen LogP contribution >= 0.6 is 11.3 Å². The van der Waals surface area contributed by atoms with E-state index in [1.165, 1.54) is 11.3 Å². The Labute approximate surface area is 123 Å². The van der Waals surface area contributed by atoms with E-state index < -0.39 is 9.84 Å². The maximum atomic E-state index is 12.1. The van der Waals surface area contributed by atoms with Crippen LogP contribution in [0.5, 0.6) is 0 Å². The molecule has 0 saturated carbocycles. The average Bonchev–Trinajstić information content (AvgIpc) is 2.75. The molecule has 108 valence electrons. The van der Waals surface area contributed by atoms with E-state index in [1.807, 2.05) is 26.2 Å². The summed E-state index contributed by atoms with van der Waals surface area (Å²) in [6, 6.07) is 1.74. The first-order valence-electron chi connectivity index (χ1n) is 6.29. The molecular formula is C13H17N3O2S2. The van der Waals surface area contributed by atoms with Crippen molar-refractivity contribution in [2.24, 2.45) is 0 Å². The van der Waals surface area contributed by atoms with E-state index in [-0.39, 0.29) is 11.5 Å². The van der Waals surface area contributed by atoms with Gasteiger partial charge in [0.15, 0.2) is 9.84 Å². The predicted molar refractivity (Wildman–Crippen MR) is 79.3 cm³/mol. The molecule has 0 aromatic carbocycles. The van der Waals surface area contributed by atoms with E-state index in [4.69, 9.17) is 0 Å². The normalized spacial score (nSPS) is 12.0. The number of aryl methyl sites for hydroxylation is 1. The van der Waals surface area contributed by atoms with Gasteiger partial charge in [0.05, 0.1) is 16.5 Å². The quantitative estimate of drug-likeness (QED) is 0.848. The number of hydrogen-bond donors (Lipinski definition) is 0. The lowest BCUT2D eigenvalue weighted by atomic mass is 10.2. The molecule has 2 aromatic rings. The van der Waals surface area contributed by atoms with Crippen LogP contribution in [0.25, 0.3) is 0 Å². The fourth-order valence-electron chi connectivity index (χ4n) is 1.70. The molecule has 0 aliphatic carbocycles. The topological polar surface area (TPSA) is 72.8 Å².